The van der Waals surface area contributed by atoms with Gasteiger partial charge in [-0.15, -0.1) is 0 Å². The number of rotatable bonds is 5. The van der Waals surface area contributed by atoms with E-state index in [0.717, 1.165) is 49.6 Å². The van der Waals surface area contributed by atoms with Gasteiger partial charge in [-0.1, -0.05) is 18.2 Å². The van der Waals surface area contributed by atoms with Gasteiger partial charge in [0.1, 0.15) is 0 Å². The molecule has 1 saturated heterocycles. The SMILES string of the molecule is CCn1cc([C@@H](O)CN2CCN(c3ncccn3)CC2)c2ccccc21. The van der Waals surface area contributed by atoms with Gasteiger partial charge in [0.2, 0.25) is 5.95 Å². The average molecular weight is 351 g/mol. The first-order valence-electron chi connectivity index (χ1n) is 9.26. The average Bonchev–Trinajstić information content (AvgIpc) is 3.08. The number of hydrogen-bond acceptors (Lipinski definition) is 5. The summed E-state index contributed by atoms with van der Waals surface area (Å²) in [6.45, 7) is 7.27. The third kappa shape index (κ3) is 3.30. The maximum Gasteiger partial charge on any atom is 0.225 e. The number of anilines is 1. The van der Waals surface area contributed by atoms with Crippen molar-refractivity contribution >= 4 is 16.9 Å². The third-order valence-electron chi connectivity index (χ3n) is 5.16. The molecule has 0 spiro atoms. The lowest BCUT2D eigenvalue weighted by Crippen LogP contribution is -2.48. The van der Waals surface area contributed by atoms with Crippen LogP contribution in [0.2, 0.25) is 0 Å². The molecule has 136 valence electrons. The van der Waals surface area contributed by atoms with E-state index in [9.17, 15) is 5.11 Å². The fourth-order valence-corrected chi connectivity index (χ4v) is 3.73. The second-order valence-electron chi connectivity index (χ2n) is 6.74. The molecule has 1 fully saturated rings. The van der Waals surface area contributed by atoms with Gasteiger partial charge >= 0.3 is 0 Å². The van der Waals surface area contributed by atoms with Crippen LogP contribution in [-0.4, -0.2) is 57.3 Å². The Morgan fingerprint density at radius 2 is 1.77 bits per heavy atom. The van der Waals surface area contributed by atoms with Crippen LogP contribution in [-0.2, 0) is 6.54 Å². The van der Waals surface area contributed by atoms with Gasteiger partial charge in [0.25, 0.3) is 0 Å². The molecule has 6 nitrogen and oxygen atoms in total. The Kier molecular flexibility index (Phi) is 4.86. The monoisotopic (exact) mass is 351 g/mol. The molecule has 3 aromatic rings. The van der Waals surface area contributed by atoms with Crippen LogP contribution in [0.25, 0.3) is 10.9 Å². The number of aromatic nitrogens is 3. The fourth-order valence-electron chi connectivity index (χ4n) is 3.73. The highest BCUT2D eigenvalue weighted by Gasteiger charge is 2.23. The minimum absolute atomic E-state index is 0.479. The van der Waals surface area contributed by atoms with Gasteiger partial charge in [0, 0.05) is 74.3 Å². The molecule has 1 N–H and O–H groups in total. The topological polar surface area (TPSA) is 57.4 Å². The zero-order valence-corrected chi connectivity index (χ0v) is 15.1. The number of para-hydroxylation sites is 1. The molecule has 6 heteroatoms. The quantitative estimate of drug-likeness (QED) is 0.764. The second-order valence-corrected chi connectivity index (χ2v) is 6.74. The van der Waals surface area contributed by atoms with Crippen molar-refractivity contribution in [2.24, 2.45) is 0 Å². The lowest BCUT2D eigenvalue weighted by Gasteiger charge is -2.35. The largest absolute Gasteiger partial charge is 0.387 e. The van der Waals surface area contributed by atoms with Crippen molar-refractivity contribution in [3.63, 3.8) is 0 Å². The molecule has 1 atom stereocenters. The fraction of sp³-hybridized carbons (Fsp3) is 0.400. The highest BCUT2D eigenvalue weighted by molar-refractivity contribution is 5.84. The summed E-state index contributed by atoms with van der Waals surface area (Å²) in [6, 6.07) is 10.1. The summed E-state index contributed by atoms with van der Waals surface area (Å²) in [7, 11) is 0. The summed E-state index contributed by atoms with van der Waals surface area (Å²) < 4.78 is 2.21. The molecule has 0 radical (unpaired) electrons. The van der Waals surface area contributed by atoms with Gasteiger partial charge in [-0.3, -0.25) is 4.90 Å². The van der Waals surface area contributed by atoms with Crippen molar-refractivity contribution in [3.05, 3.63) is 54.5 Å². The number of β-amino-alcohol motifs (C(OH)–C–C–N with tert-alkyl or cyclic N) is 1. The Hall–Kier alpha value is -2.44. The Morgan fingerprint density at radius 3 is 2.50 bits per heavy atom. The van der Waals surface area contributed by atoms with Crippen LogP contribution in [0.15, 0.2) is 48.9 Å². The van der Waals surface area contributed by atoms with Crippen LogP contribution in [0.4, 0.5) is 5.95 Å². The van der Waals surface area contributed by atoms with Gasteiger partial charge in [-0.05, 0) is 19.1 Å². The van der Waals surface area contributed by atoms with Gasteiger partial charge in [0.05, 0.1) is 6.10 Å². The van der Waals surface area contributed by atoms with Crippen molar-refractivity contribution in [1.82, 2.24) is 19.4 Å². The number of piperazine rings is 1. The van der Waals surface area contributed by atoms with Gasteiger partial charge in [0.15, 0.2) is 0 Å². The molecule has 26 heavy (non-hydrogen) atoms. The molecular formula is C20H25N5O. The lowest BCUT2D eigenvalue weighted by atomic mass is 10.1. The molecule has 3 heterocycles. The zero-order chi connectivity index (χ0) is 17.9. The number of nitrogens with zero attached hydrogens (tertiary/aromatic N) is 5. The standard InChI is InChI=1S/C20H25N5O/c1-2-24-14-17(16-6-3-4-7-18(16)24)19(26)15-23-10-12-25(13-11-23)20-21-8-5-9-22-20/h3-9,14,19,26H,2,10-13,15H2,1H3/t19-/m0/s1. The first-order valence-corrected chi connectivity index (χ1v) is 9.26. The number of fused-ring (bicyclic) bond motifs is 1. The van der Waals surface area contributed by atoms with Crippen LogP contribution in [0.3, 0.4) is 0 Å². The van der Waals surface area contributed by atoms with Gasteiger partial charge in [-0.2, -0.15) is 0 Å². The Balaban J connectivity index is 1.43. The third-order valence-corrected chi connectivity index (χ3v) is 5.16. The number of hydrogen-bond donors (Lipinski definition) is 1. The number of aliphatic hydroxyl groups is 1. The lowest BCUT2D eigenvalue weighted by molar-refractivity contribution is 0.110. The predicted molar refractivity (Wildman–Crippen MR) is 103 cm³/mol. The summed E-state index contributed by atoms with van der Waals surface area (Å²) in [5.41, 5.74) is 2.21. The minimum Gasteiger partial charge on any atom is -0.387 e. The Labute approximate surface area is 153 Å². The van der Waals surface area contributed by atoms with Crippen LogP contribution < -0.4 is 4.90 Å². The predicted octanol–water partition coefficient (Wildman–Crippen LogP) is 2.31. The number of benzene rings is 1. The summed E-state index contributed by atoms with van der Waals surface area (Å²) in [5, 5.41) is 12.0. The van der Waals surface area contributed by atoms with E-state index >= 15 is 0 Å². The highest BCUT2D eigenvalue weighted by atomic mass is 16.3. The molecule has 0 amide bonds. The highest BCUT2D eigenvalue weighted by Crippen LogP contribution is 2.27. The van der Waals surface area contributed by atoms with Gasteiger partial charge in [-0.25, -0.2) is 9.97 Å². The van der Waals surface area contributed by atoms with E-state index in [1.54, 1.807) is 12.4 Å². The smallest absolute Gasteiger partial charge is 0.225 e. The van der Waals surface area contributed by atoms with Crippen molar-refractivity contribution in [2.45, 2.75) is 19.6 Å². The van der Waals surface area contributed by atoms with E-state index in [-0.39, 0.29) is 0 Å². The van der Waals surface area contributed by atoms with Crippen LogP contribution in [0.1, 0.15) is 18.6 Å². The summed E-state index contributed by atoms with van der Waals surface area (Å²) >= 11 is 0. The number of aryl methyl sites for hydroxylation is 1. The van der Waals surface area contributed by atoms with E-state index in [1.807, 2.05) is 12.1 Å². The Bertz CT molecular complexity index is 855. The summed E-state index contributed by atoms with van der Waals surface area (Å²) in [5.74, 6) is 0.790. The summed E-state index contributed by atoms with van der Waals surface area (Å²) in [6.07, 6.45) is 5.18. The van der Waals surface area contributed by atoms with Crippen molar-refractivity contribution in [3.8, 4) is 0 Å². The van der Waals surface area contributed by atoms with E-state index in [0.29, 0.717) is 6.54 Å². The van der Waals surface area contributed by atoms with E-state index in [2.05, 4.69) is 55.7 Å². The molecule has 0 saturated carbocycles. The maximum absolute atomic E-state index is 10.9. The first-order chi connectivity index (χ1) is 12.8. The molecular weight excluding hydrogens is 326 g/mol. The molecule has 0 unspecified atom stereocenters. The normalized spacial score (nSPS) is 16.9. The maximum atomic E-state index is 10.9. The first kappa shape index (κ1) is 17.0. The summed E-state index contributed by atoms with van der Waals surface area (Å²) in [4.78, 5) is 13.2. The molecule has 1 aliphatic heterocycles. The van der Waals surface area contributed by atoms with Crippen molar-refractivity contribution in [2.75, 3.05) is 37.6 Å². The van der Waals surface area contributed by atoms with Gasteiger partial charge < -0.3 is 14.6 Å². The Morgan fingerprint density at radius 1 is 1.04 bits per heavy atom. The van der Waals surface area contributed by atoms with Crippen molar-refractivity contribution < 1.29 is 5.11 Å². The molecule has 4 rings (SSSR count). The van der Waals surface area contributed by atoms with Crippen molar-refractivity contribution in [1.29, 1.82) is 0 Å². The van der Waals surface area contributed by atoms with E-state index in [1.165, 1.54) is 5.52 Å². The molecule has 1 aliphatic rings. The van der Waals surface area contributed by atoms with Crippen LogP contribution >= 0.6 is 0 Å². The molecule has 1 aromatic carbocycles. The minimum atomic E-state index is -0.479. The second kappa shape index (κ2) is 7.43. The number of aliphatic hydroxyl groups excluding tert-OH is 1. The van der Waals surface area contributed by atoms with E-state index in [4.69, 9.17) is 0 Å². The molecule has 0 bridgehead atoms. The molecule has 0 aliphatic carbocycles. The van der Waals surface area contributed by atoms with E-state index < -0.39 is 6.10 Å². The van der Waals surface area contributed by atoms with Crippen LogP contribution in [0, 0.1) is 0 Å². The van der Waals surface area contributed by atoms with Crippen LogP contribution in [0.5, 0.6) is 0 Å². The zero-order valence-electron chi connectivity index (χ0n) is 15.1. The molecule has 2 aromatic heterocycles.